The maximum atomic E-state index is 12.4. The van der Waals surface area contributed by atoms with Gasteiger partial charge in [-0.05, 0) is 42.5 Å². The summed E-state index contributed by atoms with van der Waals surface area (Å²) < 4.78 is 15.0. The maximum absolute atomic E-state index is 12.4. The molecule has 8 heteroatoms. The molecule has 0 spiro atoms. The Hall–Kier alpha value is -4.07. The van der Waals surface area contributed by atoms with Gasteiger partial charge in [-0.15, -0.1) is 0 Å². The summed E-state index contributed by atoms with van der Waals surface area (Å²) in [6, 6.07) is 16.7. The van der Waals surface area contributed by atoms with Crippen molar-refractivity contribution in [3.63, 3.8) is 0 Å². The molecule has 0 bridgehead atoms. The lowest BCUT2D eigenvalue weighted by molar-refractivity contribution is -0.119. The van der Waals surface area contributed by atoms with E-state index in [-0.39, 0.29) is 0 Å². The van der Waals surface area contributed by atoms with Crippen LogP contribution in [0.1, 0.15) is 26.5 Å². The van der Waals surface area contributed by atoms with Crippen molar-refractivity contribution in [2.24, 2.45) is 0 Å². The van der Waals surface area contributed by atoms with Gasteiger partial charge >= 0.3 is 11.9 Å². The molecule has 1 aromatic heterocycles. The molecule has 154 valence electrons. The molecule has 1 heterocycles. The summed E-state index contributed by atoms with van der Waals surface area (Å²) in [5.41, 5.74) is 1.54. The van der Waals surface area contributed by atoms with Crippen LogP contribution in [-0.4, -0.2) is 31.6 Å². The van der Waals surface area contributed by atoms with E-state index in [1.807, 2.05) is 6.07 Å². The highest BCUT2D eigenvalue weighted by Crippen LogP contribution is 2.18. The van der Waals surface area contributed by atoms with E-state index in [1.54, 1.807) is 54.8 Å². The Labute approximate surface area is 172 Å². The number of rotatable bonds is 8. The van der Waals surface area contributed by atoms with Crippen LogP contribution in [0.5, 0.6) is 0 Å². The Bertz CT molecular complexity index is 1030. The molecule has 0 unspecified atom stereocenters. The van der Waals surface area contributed by atoms with Gasteiger partial charge in [0.15, 0.2) is 6.61 Å². The topological polar surface area (TPSA) is 107 Å². The fourth-order valence-electron chi connectivity index (χ4n) is 2.66. The summed E-state index contributed by atoms with van der Waals surface area (Å²) in [5.74, 6) is -0.981. The predicted octanol–water partition coefficient (Wildman–Crippen LogP) is 3.47. The number of methoxy groups -OCH3 is 1. The van der Waals surface area contributed by atoms with Crippen LogP contribution >= 0.6 is 0 Å². The van der Waals surface area contributed by atoms with Gasteiger partial charge in [0.1, 0.15) is 5.76 Å². The Morgan fingerprint density at radius 3 is 2.57 bits per heavy atom. The third-order valence-electron chi connectivity index (χ3n) is 4.08. The van der Waals surface area contributed by atoms with Gasteiger partial charge in [-0.3, -0.25) is 4.79 Å². The lowest BCUT2D eigenvalue weighted by atomic mass is 10.2. The van der Waals surface area contributed by atoms with Crippen molar-refractivity contribution in [2.75, 3.05) is 24.4 Å². The molecule has 8 nitrogen and oxygen atoms in total. The van der Waals surface area contributed by atoms with Gasteiger partial charge in [0, 0.05) is 11.4 Å². The Morgan fingerprint density at radius 2 is 1.80 bits per heavy atom. The van der Waals surface area contributed by atoms with E-state index in [0.29, 0.717) is 34.8 Å². The molecular weight excluding hydrogens is 388 g/mol. The minimum Gasteiger partial charge on any atom is -0.467 e. The second-order valence-electron chi connectivity index (χ2n) is 6.18. The van der Waals surface area contributed by atoms with Crippen LogP contribution in [-0.2, 0) is 20.8 Å². The SMILES string of the molecule is COC(=O)c1cccc(NC(=O)COC(=O)c2ccccc2NCc2ccco2)c1. The van der Waals surface area contributed by atoms with E-state index in [4.69, 9.17) is 9.15 Å². The number of amides is 1. The van der Waals surface area contributed by atoms with Crippen LogP contribution in [0.25, 0.3) is 0 Å². The van der Waals surface area contributed by atoms with Crippen LogP contribution in [0, 0.1) is 0 Å². The smallest absolute Gasteiger partial charge is 0.340 e. The van der Waals surface area contributed by atoms with Gasteiger partial charge in [-0.2, -0.15) is 0 Å². The zero-order valence-electron chi connectivity index (χ0n) is 16.2. The van der Waals surface area contributed by atoms with Crippen LogP contribution in [0.4, 0.5) is 11.4 Å². The van der Waals surface area contributed by atoms with Gasteiger partial charge in [-0.25, -0.2) is 9.59 Å². The van der Waals surface area contributed by atoms with E-state index in [1.165, 1.54) is 13.2 Å². The molecule has 1 amide bonds. The van der Waals surface area contributed by atoms with E-state index >= 15 is 0 Å². The molecule has 30 heavy (non-hydrogen) atoms. The molecular formula is C22H20N2O6. The van der Waals surface area contributed by atoms with Crippen LogP contribution in [0.15, 0.2) is 71.3 Å². The van der Waals surface area contributed by atoms with Crippen molar-refractivity contribution < 1.29 is 28.3 Å². The molecule has 0 atom stereocenters. The quantitative estimate of drug-likeness (QED) is 0.550. The molecule has 3 rings (SSSR count). The van der Waals surface area contributed by atoms with Crippen LogP contribution in [0.2, 0.25) is 0 Å². The van der Waals surface area contributed by atoms with Gasteiger partial charge < -0.3 is 24.5 Å². The molecule has 0 aliphatic heterocycles. The number of anilines is 2. The number of ether oxygens (including phenoxy) is 2. The normalized spacial score (nSPS) is 10.2. The average molecular weight is 408 g/mol. The number of hydrogen-bond acceptors (Lipinski definition) is 7. The zero-order chi connectivity index (χ0) is 21.3. The van der Waals surface area contributed by atoms with Crippen molar-refractivity contribution in [2.45, 2.75) is 6.54 Å². The molecule has 0 saturated carbocycles. The summed E-state index contributed by atoms with van der Waals surface area (Å²) in [5, 5.41) is 5.68. The molecule has 0 radical (unpaired) electrons. The first-order chi connectivity index (χ1) is 14.6. The van der Waals surface area contributed by atoms with Crippen LogP contribution in [0.3, 0.4) is 0 Å². The van der Waals surface area contributed by atoms with Gasteiger partial charge in [0.05, 0.1) is 31.0 Å². The average Bonchev–Trinajstić information content (AvgIpc) is 3.29. The molecule has 0 saturated heterocycles. The summed E-state index contributed by atoms with van der Waals surface area (Å²) in [6.45, 7) is -0.0812. The Balaban J connectivity index is 1.56. The maximum Gasteiger partial charge on any atom is 0.340 e. The molecule has 0 aliphatic carbocycles. The number of furan rings is 1. The van der Waals surface area contributed by atoms with Crippen LogP contribution < -0.4 is 10.6 Å². The second-order valence-corrected chi connectivity index (χ2v) is 6.18. The largest absolute Gasteiger partial charge is 0.467 e. The third-order valence-corrected chi connectivity index (χ3v) is 4.08. The lowest BCUT2D eigenvalue weighted by Crippen LogP contribution is -2.21. The number of esters is 2. The number of carbonyl (C=O) groups is 3. The first-order valence-corrected chi connectivity index (χ1v) is 9.07. The lowest BCUT2D eigenvalue weighted by Gasteiger charge is -2.11. The van der Waals surface area contributed by atoms with E-state index in [2.05, 4.69) is 15.4 Å². The molecule has 2 aromatic carbocycles. The molecule has 0 fully saturated rings. The highest BCUT2D eigenvalue weighted by atomic mass is 16.5. The van der Waals surface area contributed by atoms with Crippen molar-refractivity contribution in [1.82, 2.24) is 0 Å². The molecule has 3 aromatic rings. The molecule has 2 N–H and O–H groups in total. The standard InChI is InChI=1S/C22H20N2O6/c1-28-21(26)15-6-4-7-16(12-15)24-20(25)14-30-22(27)18-9-2-3-10-19(18)23-13-17-8-5-11-29-17/h2-12,23H,13-14H2,1H3,(H,24,25). The van der Waals surface area contributed by atoms with E-state index < -0.39 is 24.5 Å². The van der Waals surface area contributed by atoms with E-state index in [9.17, 15) is 14.4 Å². The minimum absolute atomic E-state index is 0.295. The highest BCUT2D eigenvalue weighted by molar-refractivity contribution is 5.99. The Morgan fingerprint density at radius 1 is 0.967 bits per heavy atom. The Kier molecular flexibility index (Phi) is 6.83. The highest BCUT2D eigenvalue weighted by Gasteiger charge is 2.15. The van der Waals surface area contributed by atoms with Gasteiger partial charge in [0.25, 0.3) is 5.91 Å². The summed E-state index contributed by atoms with van der Waals surface area (Å²) in [7, 11) is 1.27. The minimum atomic E-state index is -0.643. The first-order valence-electron chi connectivity index (χ1n) is 9.07. The third kappa shape index (κ3) is 5.48. The summed E-state index contributed by atoms with van der Waals surface area (Å²) >= 11 is 0. The number of nitrogens with one attached hydrogen (secondary N) is 2. The van der Waals surface area contributed by atoms with Crippen molar-refractivity contribution >= 4 is 29.2 Å². The van der Waals surface area contributed by atoms with Gasteiger partial charge in [-0.1, -0.05) is 18.2 Å². The predicted molar refractivity (Wildman–Crippen MR) is 109 cm³/mol. The molecule has 0 aliphatic rings. The monoisotopic (exact) mass is 408 g/mol. The fourth-order valence-corrected chi connectivity index (χ4v) is 2.66. The van der Waals surface area contributed by atoms with E-state index in [0.717, 1.165) is 0 Å². The number of carbonyl (C=O) groups excluding carboxylic acids is 3. The van der Waals surface area contributed by atoms with Crippen molar-refractivity contribution in [1.29, 1.82) is 0 Å². The number of para-hydroxylation sites is 1. The fraction of sp³-hybridized carbons (Fsp3) is 0.136. The van der Waals surface area contributed by atoms with Crippen molar-refractivity contribution in [3.05, 3.63) is 83.8 Å². The van der Waals surface area contributed by atoms with Crippen molar-refractivity contribution in [3.8, 4) is 0 Å². The first kappa shape index (κ1) is 20.7. The summed E-state index contributed by atoms with van der Waals surface area (Å²) in [4.78, 5) is 36.1. The van der Waals surface area contributed by atoms with Gasteiger partial charge in [0.2, 0.25) is 0 Å². The summed E-state index contributed by atoms with van der Waals surface area (Å²) in [6.07, 6.45) is 1.57. The number of benzene rings is 2. The number of hydrogen-bond donors (Lipinski definition) is 2. The second kappa shape index (κ2) is 9.92. The zero-order valence-corrected chi connectivity index (χ0v) is 16.2.